The van der Waals surface area contributed by atoms with E-state index in [-0.39, 0.29) is 5.60 Å². The third-order valence-corrected chi connectivity index (χ3v) is 26.0. The van der Waals surface area contributed by atoms with E-state index in [1.165, 1.54) is 69.9 Å². The molecule has 3 heteroatoms. The van der Waals surface area contributed by atoms with Crippen molar-refractivity contribution in [2.75, 3.05) is 0 Å². The summed E-state index contributed by atoms with van der Waals surface area (Å²) in [5.41, 5.74) is 0.262. The van der Waals surface area contributed by atoms with Crippen molar-refractivity contribution in [2.45, 2.75) is 135 Å². The first-order valence-corrected chi connectivity index (χ1v) is 17.2. The van der Waals surface area contributed by atoms with E-state index in [4.69, 9.17) is 4.43 Å². The highest BCUT2D eigenvalue weighted by Gasteiger charge is 2.60. The standard InChI is InChI=1S/C21H46OSi2/c1-7-13-21(14-8-2)15-20-23(16-9-3,17-10-4)24(22-21,18-11-5)19-12-6/h7-20H2,1-6H3. The highest BCUT2D eigenvalue weighted by molar-refractivity contribution is 7.40. The molecule has 0 bridgehead atoms. The van der Waals surface area contributed by atoms with Gasteiger partial charge in [-0.2, -0.15) is 0 Å². The van der Waals surface area contributed by atoms with Crippen molar-refractivity contribution < 1.29 is 4.43 Å². The quantitative estimate of drug-likeness (QED) is 0.318. The number of rotatable bonds is 12. The summed E-state index contributed by atoms with van der Waals surface area (Å²) in [4.78, 5) is 0. The fourth-order valence-electron chi connectivity index (χ4n) is 6.01. The molecule has 1 rings (SSSR count). The lowest BCUT2D eigenvalue weighted by Gasteiger charge is -2.58. The molecule has 0 N–H and O–H groups in total. The molecule has 1 fully saturated rings. The van der Waals surface area contributed by atoms with Crippen LogP contribution < -0.4 is 0 Å². The largest absolute Gasteiger partial charge is 0.414 e. The van der Waals surface area contributed by atoms with Gasteiger partial charge in [-0.3, -0.25) is 0 Å². The Hall–Kier alpha value is 0.394. The molecular formula is C21H46OSi2. The van der Waals surface area contributed by atoms with Crippen LogP contribution in [0.5, 0.6) is 0 Å². The molecule has 0 unspecified atom stereocenters. The van der Waals surface area contributed by atoms with Gasteiger partial charge in [-0.15, -0.1) is 0 Å². The van der Waals surface area contributed by atoms with Crippen LogP contribution in [0.4, 0.5) is 0 Å². The summed E-state index contributed by atoms with van der Waals surface area (Å²) in [7, 11) is -2.81. The van der Waals surface area contributed by atoms with E-state index >= 15 is 0 Å². The lowest BCUT2D eigenvalue weighted by molar-refractivity contribution is 0.0298. The smallest absolute Gasteiger partial charge is 0.181 e. The molecule has 0 saturated carbocycles. The first kappa shape index (κ1) is 22.4. The lowest BCUT2D eigenvalue weighted by atomic mass is 9.90. The molecule has 1 aliphatic rings. The SMILES string of the molecule is CCCC1(CCC)CC[Si](CCC)(CCC)[Si](CCC)(CCC)O1. The van der Waals surface area contributed by atoms with Crippen molar-refractivity contribution in [1.29, 1.82) is 0 Å². The summed E-state index contributed by atoms with van der Waals surface area (Å²) >= 11 is 0. The number of hydrogen-bond donors (Lipinski definition) is 0. The molecule has 1 saturated heterocycles. The van der Waals surface area contributed by atoms with Gasteiger partial charge < -0.3 is 4.43 Å². The van der Waals surface area contributed by atoms with Gasteiger partial charge in [0.15, 0.2) is 7.83 Å². The second-order valence-corrected chi connectivity index (χ2v) is 21.7. The molecule has 0 aromatic rings. The van der Waals surface area contributed by atoms with Gasteiger partial charge in [-0.05, 0) is 31.4 Å². The van der Waals surface area contributed by atoms with Crippen molar-refractivity contribution >= 4 is 15.4 Å². The minimum absolute atomic E-state index is 0.262. The Kier molecular flexibility index (Phi) is 9.83. The molecule has 1 heterocycles. The Bertz CT molecular complexity index is 325. The minimum atomic E-state index is -1.58. The van der Waals surface area contributed by atoms with E-state index < -0.39 is 15.4 Å². The van der Waals surface area contributed by atoms with Gasteiger partial charge in [0, 0.05) is 0 Å². The predicted octanol–water partition coefficient (Wildman–Crippen LogP) is 7.86. The molecule has 1 nitrogen and oxygen atoms in total. The average molecular weight is 371 g/mol. The van der Waals surface area contributed by atoms with Crippen LogP contribution in [0.3, 0.4) is 0 Å². The fourth-order valence-corrected chi connectivity index (χ4v) is 27.4. The van der Waals surface area contributed by atoms with Gasteiger partial charge in [-0.1, -0.05) is 98.2 Å². The van der Waals surface area contributed by atoms with Crippen molar-refractivity contribution in [3.8, 4) is 0 Å². The van der Waals surface area contributed by atoms with E-state index in [1.807, 2.05) is 0 Å². The summed E-state index contributed by atoms with van der Waals surface area (Å²) in [6.07, 6.45) is 12.1. The summed E-state index contributed by atoms with van der Waals surface area (Å²) in [5, 5.41) is 0. The molecular weight excluding hydrogens is 324 g/mol. The fraction of sp³-hybridized carbons (Fsp3) is 1.00. The third-order valence-electron chi connectivity index (χ3n) is 6.61. The van der Waals surface area contributed by atoms with Gasteiger partial charge in [0.1, 0.15) is 0 Å². The first-order chi connectivity index (χ1) is 11.5. The monoisotopic (exact) mass is 370 g/mol. The molecule has 1 aliphatic heterocycles. The van der Waals surface area contributed by atoms with E-state index in [9.17, 15) is 0 Å². The molecule has 0 aromatic carbocycles. The molecule has 0 radical (unpaired) electrons. The zero-order valence-electron chi connectivity index (χ0n) is 17.8. The highest BCUT2D eigenvalue weighted by Crippen LogP contribution is 2.51. The van der Waals surface area contributed by atoms with Crippen LogP contribution in [-0.4, -0.2) is 21.0 Å². The van der Waals surface area contributed by atoms with Crippen molar-refractivity contribution in [3.05, 3.63) is 0 Å². The van der Waals surface area contributed by atoms with Gasteiger partial charge in [0.25, 0.3) is 0 Å². The zero-order chi connectivity index (χ0) is 18.1. The topological polar surface area (TPSA) is 9.23 Å². The highest BCUT2D eigenvalue weighted by atomic mass is 29.3. The molecule has 0 amide bonds. The zero-order valence-corrected chi connectivity index (χ0v) is 19.8. The van der Waals surface area contributed by atoms with E-state index in [0.29, 0.717) is 0 Å². The third kappa shape index (κ3) is 4.76. The lowest BCUT2D eigenvalue weighted by Crippen LogP contribution is -2.70. The summed E-state index contributed by atoms with van der Waals surface area (Å²) in [6.45, 7) is 14.4. The Labute approximate surface area is 155 Å². The maximum Gasteiger partial charge on any atom is 0.181 e. The summed E-state index contributed by atoms with van der Waals surface area (Å²) in [6, 6.07) is 7.63. The molecule has 0 atom stereocenters. The molecule has 0 aliphatic carbocycles. The van der Waals surface area contributed by atoms with Crippen LogP contribution >= 0.6 is 0 Å². The Morgan fingerprint density at radius 1 is 0.667 bits per heavy atom. The Balaban J connectivity index is 3.30. The van der Waals surface area contributed by atoms with Crippen LogP contribution in [0.15, 0.2) is 0 Å². The molecule has 24 heavy (non-hydrogen) atoms. The van der Waals surface area contributed by atoms with Gasteiger partial charge in [-0.25, -0.2) is 0 Å². The minimum Gasteiger partial charge on any atom is -0.414 e. The van der Waals surface area contributed by atoms with Crippen LogP contribution in [-0.2, 0) is 4.43 Å². The van der Waals surface area contributed by atoms with E-state index in [0.717, 1.165) is 0 Å². The van der Waals surface area contributed by atoms with Gasteiger partial charge in [0.2, 0.25) is 0 Å². The molecule has 0 spiro atoms. The van der Waals surface area contributed by atoms with Gasteiger partial charge in [0.05, 0.1) is 13.2 Å². The number of hydrogen-bond acceptors (Lipinski definition) is 1. The second-order valence-electron chi connectivity index (χ2n) is 8.56. The Morgan fingerprint density at radius 3 is 1.50 bits per heavy atom. The average Bonchev–Trinajstić information content (AvgIpc) is 2.53. The van der Waals surface area contributed by atoms with Crippen LogP contribution in [0.1, 0.15) is 99.3 Å². The van der Waals surface area contributed by atoms with Gasteiger partial charge >= 0.3 is 0 Å². The second kappa shape index (κ2) is 10.5. The molecule has 144 valence electrons. The van der Waals surface area contributed by atoms with Crippen LogP contribution in [0.2, 0.25) is 30.2 Å². The van der Waals surface area contributed by atoms with E-state index in [2.05, 4.69) is 41.5 Å². The Morgan fingerprint density at radius 2 is 1.12 bits per heavy atom. The maximum atomic E-state index is 7.55. The first-order valence-electron chi connectivity index (χ1n) is 11.2. The molecule has 0 aromatic heterocycles. The van der Waals surface area contributed by atoms with E-state index in [1.54, 1.807) is 18.1 Å². The summed E-state index contributed by atoms with van der Waals surface area (Å²) in [5.74, 6) is 0. The van der Waals surface area contributed by atoms with Crippen LogP contribution in [0, 0.1) is 0 Å². The summed E-state index contributed by atoms with van der Waals surface area (Å²) < 4.78 is 7.55. The maximum absolute atomic E-state index is 7.55. The van der Waals surface area contributed by atoms with Crippen molar-refractivity contribution in [1.82, 2.24) is 0 Å². The predicted molar refractivity (Wildman–Crippen MR) is 115 cm³/mol. The van der Waals surface area contributed by atoms with Crippen LogP contribution in [0.25, 0.3) is 0 Å². The van der Waals surface area contributed by atoms with Crippen molar-refractivity contribution in [2.24, 2.45) is 0 Å². The normalized spacial score (nSPS) is 21.8. The van der Waals surface area contributed by atoms with Crippen molar-refractivity contribution in [3.63, 3.8) is 0 Å².